The first-order valence-electron chi connectivity index (χ1n) is 10.9. The molecule has 158 valence electrons. The van der Waals surface area contributed by atoms with Gasteiger partial charge in [0.15, 0.2) is 0 Å². The van der Waals surface area contributed by atoms with E-state index in [2.05, 4.69) is 31.3 Å². The number of rotatable bonds is 6. The van der Waals surface area contributed by atoms with Crippen LogP contribution in [0.4, 0.5) is 0 Å². The minimum absolute atomic E-state index is 0.0220. The molecule has 0 saturated carbocycles. The van der Waals surface area contributed by atoms with Crippen LogP contribution in [-0.4, -0.2) is 28.8 Å². The second kappa shape index (κ2) is 8.81. The number of halogens is 1. The van der Waals surface area contributed by atoms with Crippen molar-refractivity contribution in [3.63, 3.8) is 0 Å². The Morgan fingerprint density at radius 2 is 1.70 bits per heavy atom. The normalized spacial score (nSPS) is 21.8. The lowest BCUT2D eigenvalue weighted by atomic mass is 9.86. The van der Waals surface area contributed by atoms with Crippen LogP contribution in [0.25, 0.3) is 0 Å². The summed E-state index contributed by atoms with van der Waals surface area (Å²) in [6.45, 7) is 4.58. The highest BCUT2D eigenvalue weighted by Crippen LogP contribution is 2.33. The maximum Gasteiger partial charge on any atom is 0.246 e. The van der Waals surface area contributed by atoms with Crippen molar-refractivity contribution in [3.05, 3.63) is 70.2 Å². The van der Waals surface area contributed by atoms with Gasteiger partial charge in [0.1, 0.15) is 12.1 Å². The summed E-state index contributed by atoms with van der Waals surface area (Å²) in [6, 6.07) is 15.0. The molecule has 4 rings (SSSR count). The van der Waals surface area contributed by atoms with Crippen molar-refractivity contribution in [2.24, 2.45) is 11.8 Å². The first-order chi connectivity index (χ1) is 14.5. The maximum atomic E-state index is 13.7. The highest BCUT2D eigenvalue weighted by molar-refractivity contribution is 6.30. The van der Waals surface area contributed by atoms with Crippen molar-refractivity contribution >= 4 is 23.4 Å². The molecule has 1 fully saturated rings. The minimum Gasteiger partial charge on any atom is -0.342 e. The molecule has 2 atom stereocenters. The Kier molecular flexibility index (Phi) is 6.14. The van der Waals surface area contributed by atoms with Crippen molar-refractivity contribution in [2.75, 3.05) is 0 Å². The van der Waals surface area contributed by atoms with E-state index in [4.69, 9.17) is 11.6 Å². The van der Waals surface area contributed by atoms with Gasteiger partial charge in [0.25, 0.3) is 0 Å². The predicted octanol–water partition coefficient (Wildman–Crippen LogP) is 4.39. The summed E-state index contributed by atoms with van der Waals surface area (Å²) in [5.41, 5.74) is 3.52. The first kappa shape index (κ1) is 20.9. The highest BCUT2D eigenvalue weighted by Gasteiger charge is 2.46. The zero-order chi connectivity index (χ0) is 21.3. The average molecular weight is 425 g/mol. The van der Waals surface area contributed by atoms with E-state index in [0.29, 0.717) is 11.6 Å². The van der Waals surface area contributed by atoms with Gasteiger partial charge in [-0.05, 0) is 53.5 Å². The van der Waals surface area contributed by atoms with E-state index >= 15 is 0 Å². The smallest absolute Gasteiger partial charge is 0.246 e. The van der Waals surface area contributed by atoms with Gasteiger partial charge in [-0.1, -0.05) is 74.7 Å². The predicted molar refractivity (Wildman–Crippen MR) is 119 cm³/mol. The average Bonchev–Trinajstić information content (AvgIpc) is 3.17. The SMILES string of the molecule is CCC(CC)[C@@H]1C(=O)N[C@H](C2Cc3ccccc3C2)C(=O)N1Cc1cccc(Cl)c1. The molecule has 1 heterocycles. The van der Waals surface area contributed by atoms with Gasteiger partial charge < -0.3 is 10.2 Å². The topological polar surface area (TPSA) is 49.4 Å². The molecule has 1 N–H and O–H groups in total. The number of nitrogens with zero attached hydrogens (tertiary/aromatic N) is 1. The Morgan fingerprint density at radius 3 is 2.30 bits per heavy atom. The number of hydrogen-bond donors (Lipinski definition) is 1. The molecule has 0 bridgehead atoms. The van der Waals surface area contributed by atoms with Gasteiger partial charge in [0.2, 0.25) is 11.8 Å². The Labute approximate surface area is 183 Å². The third-order valence-corrected chi connectivity index (χ3v) is 6.98. The van der Waals surface area contributed by atoms with E-state index in [0.717, 1.165) is 31.2 Å². The first-order valence-corrected chi connectivity index (χ1v) is 11.3. The molecule has 1 aliphatic heterocycles. The molecule has 1 aliphatic carbocycles. The van der Waals surface area contributed by atoms with Crippen LogP contribution < -0.4 is 5.32 Å². The van der Waals surface area contributed by atoms with Gasteiger partial charge in [-0.25, -0.2) is 0 Å². The van der Waals surface area contributed by atoms with E-state index in [9.17, 15) is 9.59 Å². The summed E-state index contributed by atoms with van der Waals surface area (Å²) < 4.78 is 0. The van der Waals surface area contributed by atoms with Crippen molar-refractivity contribution in [2.45, 2.75) is 58.2 Å². The Morgan fingerprint density at radius 1 is 1.03 bits per heavy atom. The summed E-state index contributed by atoms with van der Waals surface area (Å²) in [4.78, 5) is 28.8. The van der Waals surface area contributed by atoms with Crippen molar-refractivity contribution in [1.29, 1.82) is 0 Å². The van der Waals surface area contributed by atoms with E-state index < -0.39 is 12.1 Å². The molecule has 0 radical (unpaired) electrons. The number of piperazine rings is 1. The second-order valence-corrected chi connectivity index (χ2v) is 8.98. The van der Waals surface area contributed by atoms with Crippen LogP contribution in [0.1, 0.15) is 43.4 Å². The number of carbonyl (C=O) groups is 2. The fourth-order valence-electron chi connectivity index (χ4n) is 5.12. The van der Waals surface area contributed by atoms with E-state index in [1.165, 1.54) is 11.1 Å². The molecular formula is C25H29ClN2O2. The third-order valence-electron chi connectivity index (χ3n) is 6.74. The zero-order valence-corrected chi connectivity index (χ0v) is 18.4. The molecule has 30 heavy (non-hydrogen) atoms. The summed E-state index contributed by atoms with van der Waals surface area (Å²) in [6.07, 6.45) is 3.36. The van der Waals surface area contributed by atoms with Crippen molar-refractivity contribution in [3.8, 4) is 0 Å². The summed E-state index contributed by atoms with van der Waals surface area (Å²) in [5, 5.41) is 3.76. The molecule has 5 heteroatoms. The minimum atomic E-state index is -0.477. The van der Waals surface area contributed by atoms with Gasteiger partial charge in [-0.2, -0.15) is 0 Å². The molecule has 0 unspecified atom stereocenters. The lowest BCUT2D eigenvalue weighted by Crippen LogP contribution is -2.66. The molecule has 2 aromatic carbocycles. The van der Waals surface area contributed by atoms with E-state index in [1.807, 2.05) is 41.3 Å². The number of carbonyl (C=O) groups excluding carboxylic acids is 2. The maximum absolute atomic E-state index is 13.7. The van der Waals surface area contributed by atoms with Gasteiger partial charge in [-0.3, -0.25) is 9.59 Å². The highest BCUT2D eigenvalue weighted by atomic mass is 35.5. The van der Waals surface area contributed by atoms with Crippen LogP contribution in [0, 0.1) is 11.8 Å². The number of benzene rings is 2. The molecule has 1 saturated heterocycles. The molecule has 2 amide bonds. The van der Waals surface area contributed by atoms with Crippen LogP contribution in [0.3, 0.4) is 0 Å². The largest absolute Gasteiger partial charge is 0.342 e. The second-order valence-electron chi connectivity index (χ2n) is 8.54. The monoisotopic (exact) mass is 424 g/mol. The Balaban J connectivity index is 1.63. The number of hydrogen-bond acceptors (Lipinski definition) is 2. The van der Waals surface area contributed by atoms with Crippen LogP contribution >= 0.6 is 11.6 Å². The Bertz CT molecular complexity index is 915. The van der Waals surface area contributed by atoms with Crippen LogP contribution in [0.2, 0.25) is 5.02 Å². The molecule has 2 aliphatic rings. The van der Waals surface area contributed by atoms with Gasteiger partial charge in [0, 0.05) is 11.6 Å². The summed E-state index contributed by atoms with van der Waals surface area (Å²) in [5.74, 6) is 0.244. The van der Waals surface area contributed by atoms with Crippen LogP contribution in [0.5, 0.6) is 0 Å². The molecule has 4 nitrogen and oxygen atoms in total. The van der Waals surface area contributed by atoms with Crippen LogP contribution in [-0.2, 0) is 29.0 Å². The van der Waals surface area contributed by atoms with Gasteiger partial charge in [-0.15, -0.1) is 0 Å². The van der Waals surface area contributed by atoms with Crippen molar-refractivity contribution in [1.82, 2.24) is 10.2 Å². The van der Waals surface area contributed by atoms with Crippen molar-refractivity contribution < 1.29 is 9.59 Å². The van der Waals surface area contributed by atoms with Crippen LogP contribution in [0.15, 0.2) is 48.5 Å². The number of amides is 2. The Hall–Kier alpha value is -2.33. The number of nitrogens with one attached hydrogen (secondary N) is 1. The van der Waals surface area contributed by atoms with Gasteiger partial charge in [0.05, 0.1) is 0 Å². The van der Waals surface area contributed by atoms with Gasteiger partial charge >= 0.3 is 0 Å². The van der Waals surface area contributed by atoms with E-state index in [-0.39, 0.29) is 23.7 Å². The van der Waals surface area contributed by atoms with E-state index in [1.54, 1.807) is 0 Å². The summed E-state index contributed by atoms with van der Waals surface area (Å²) >= 11 is 6.18. The zero-order valence-electron chi connectivity index (χ0n) is 17.6. The lowest BCUT2D eigenvalue weighted by Gasteiger charge is -2.43. The number of fused-ring (bicyclic) bond motifs is 1. The fourth-order valence-corrected chi connectivity index (χ4v) is 5.33. The quantitative estimate of drug-likeness (QED) is 0.747. The summed E-state index contributed by atoms with van der Waals surface area (Å²) in [7, 11) is 0. The molecule has 0 aromatic heterocycles. The standard InChI is InChI=1S/C25H29ClN2O2/c1-3-17(4-2)23-24(29)27-22(20-13-18-9-5-6-10-19(18)14-20)25(30)28(23)15-16-8-7-11-21(26)12-16/h5-12,17,20,22-23H,3-4,13-15H2,1-2H3,(H,27,29)/t22-,23-/m1/s1. The third kappa shape index (κ3) is 3.98. The lowest BCUT2D eigenvalue weighted by molar-refractivity contribution is -0.154. The molecule has 2 aromatic rings. The molecular weight excluding hydrogens is 396 g/mol. The fraction of sp³-hybridized carbons (Fsp3) is 0.440. The molecule has 0 spiro atoms.